The highest BCUT2D eigenvalue weighted by atomic mass is 79.9. The van der Waals surface area contributed by atoms with Gasteiger partial charge in [-0.2, -0.15) is 30.5 Å². The van der Waals surface area contributed by atoms with Gasteiger partial charge in [0.15, 0.2) is 0 Å². The maximum absolute atomic E-state index is 13.7. The Morgan fingerprint density at radius 2 is 1.52 bits per heavy atom. The first-order chi connectivity index (χ1) is 12.3. The zero-order chi connectivity index (χ0) is 20.6. The highest BCUT2D eigenvalue weighted by molar-refractivity contribution is 9.10. The first-order valence-electron chi connectivity index (χ1n) is 7.93. The Balaban J connectivity index is 2.46. The molecule has 0 saturated carbocycles. The highest BCUT2D eigenvalue weighted by Gasteiger charge is 2.46. The van der Waals surface area contributed by atoms with E-state index in [1.165, 1.54) is 12.1 Å². The maximum Gasteiger partial charge on any atom is 0.406 e. The minimum atomic E-state index is -4.82. The predicted molar refractivity (Wildman–Crippen MR) is 107 cm³/mol. The number of halogens is 4. The van der Waals surface area contributed by atoms with E-state index in [1.54, 1.807) is 45.0 Å². The summed E-state index contributed by atoms with van der Waals surface area (Å²) in [5.74, 6) is 0. The van der Waals surface area contributed by atoms with Gasteiger partial charge in [-0.25, -0.2) is 8.42 Å². The summed E-state index contributed by atoms with van der Waals surface area (Å²) < 4.78 is 69.1. The van der Waals surface area contributed by atoms with Gasteiger partial charge in [0.2, 0.25) is 10.0 Å². The normalized spacial score (nSPS) is 14.8. The average Bonchev–Trinajstić information content (AvgIpc) is 2.50. The van der Waals surface area contributed by atoms with Crippen molar-refractivity contribution in [2.45, 2.75) is 43.1 Å². The molecule has 0 saturated heterocycles. The van der Waals surface area contributed by atoms with Gasteiger partial charge < -0.3 is 0 Å². The van der Waals surface area contributed by atoms with Gasteiger partial charge >= 0.3 is 6.18 Å². The van der Waals surface area contributed by atoms with Crippen molar-refractivity contribution in [3.63, 3.8) is 0 Å². The summed E-state index contributed by atoms with van der Waals surface area (Å²) in [6.07, 6.45) is -4.82. The molecule has 3 nitrogen and oxygen atoms in total. The molecular formula is C18H19BrF3NO2S2. The van der Waals surface area contributed by atoms with E-state index >= 15 is 0 Å². The van der Waals surface area contributed by atoms with E-state index < -0.39 is 27.5 Å². The molecule has 1 N–H and O–H groups in total. The van der Waals surface area contributed by atoms with Gasteiger partial charge in [0.05, 0.1) is 10.1 Å². The van der Waals surface area contributed by atoms with E-state index in [0.29, 0.717) is 15.6 Å². The van der Waals surface area contributed by atoms with Gasteiger partial charge in [-0.3, -0.25) is 0 Å². The summed E-state index contributed by atoms with van der Waals surface area (Å²) in [7, 11) is -4.41. The number of hydrogen-bond acceptors (Lipinski definition) is 3. The summed E-state index contributed by atoms with van der Waals surface area (Å²) in [5.41, 5.74) is 1.86. The van der Waals surface area contributed by atoms with E-state index in [-0.39, 0.29) is 10.5 Å². The lowest BCUT2D eigenvalue weighted by atomic mass is 10.1. The quantitative estimate of drug-likeness (QED) is 0.572. The number of aryl methyl sites for hydroxylation is 3. The molecule has 27 heavy (non-hydrogen) atoms. The van der Waals surface area contributed by atoms with Crippen molar-refractivity contribution >= 4 is 38.6 Å². The number of thiol groups is 1. The Hall–Kier alpha value is -1.03. The molecule has 0 heterocycles. The Labute approximate surface area is 171 Å². The lowest BCUT2D eigenvalue weighted by Gasteiger charge is -2.27. The van der Waals surface area contributed by atoms with Gasteiger partial charge in [-0.1, -0.05) is 45.8 Å². The van der Waals surface area contributed by atoms with E-state index in [0.717, 1.165) is 5.56 Å². The van der Waals surface area contributed by atoms with Gasteiger partial charge in [-0.05, 0) is 49.6 Å². The van der Waals surface area contributed by atoms with Crippen molar-refractivity contribution in [3.8, 4) is 0 Å². The van der Waals surface area contributed by atoms with Crippen LogP contribution in [0.2, 0.25) is 0 Å². The van der Waals surface area contributed by atoms with Crippen LogP contribution in [0, 0.1) is 20.8 Å². The third-order valence-corrected chi connectivity index (χ3v) is 6.91. The second kappa shape index (κ2) is 8.14. The van der Waals surface area contributed by atoms with Crippen molar-refractivity contribution in [1.82, 2.24) is 4.72 Å². The molecule has 2 unspecified atom stereocenters. The van der Waals surface area contributed by atoms with E-state index in [9.17, 15) is 21.6 Å². The molecule has 2 aromatic rings. The molecule has 2 atom stereocenters. The summed E-state index contributed by atoms with van der Waals surface area (Å²) in [4.78, 5) is -0.140. The molecule has 2 rings (SSSR count). The van der Waals surface area contributed by atoms with Crippen LogP contribution >= 0.6 is 28.6 Å². The smallest absolute Gasteiger partial charge is 0.207 e. The summed E-state index contributed by atoms with van der Waals surface area (Å²) >= 11 is 7.29. The molecule has 148 valence electrons. The van der Waals surface area contributed by atoms with Gasteiger partial charge in [0.1, 0.15) is 6.04 Å². The molecule has 0 aliphatic carbocycles. The monoisotopic (exact) mass is 481 g/mol. The fourth-order valence-electron chi connectivity index (χ4n) is 2.98. The standard InChI is InChI=1S/C18H19BrF3NO2S2/c1-10-8-11(2)16(12(3)9-10)27(24,25)23-17(18(20,21)22)15(26)13-4-6-14(19)7-5-13/h4-9,15,17,23,26H,1-3H3. The van der Waals surface area contributed by atoms with Crippen LogP contribution in [0.4, 0.5) is 13.2 Å². The van der Waals surface area contributed by atoms with Crippen LogP contribution in [0.5, 0.6) is 0 Å². The van der Waals surface area contributed by atoms with Crippen LogP contribution in [0.1, 0.15) is 27.5 Å². The van der Waals surface area contributed by atoms with Gasteiger partial charge in [0.25, 0.3) is 0 Å². The highest BCUT2D eigenvalue weighted by Crippen LogP contribution is 2.36. The number of rotatable bonds is 5. The predicted octanol–water partition coefficient (Wildman–Crippen LogP) is 5.25. The summed E-state index contributed by atoms with van der Waals surface area (Å²) in [5, 5.41) is -1.40. The van der Waals surface area contributed by atoms with Crippen LogP contribution in [0.15, 0.2) is 45.8 Å². The minimum absolute atomic E-state index is 0.140. The number of alkyl halides is 3. The topological polar surface area (TPSA) is 46.2 Å². The SMILES string of the molecule is Cc1cc(C)c(S(=O)(=O)NC(C(S)c2ccc(Br)cc2)C(F)(F)F)c(C)c1. The van der Waals surface area contributed by atoms with Crippen LogP contribution in [0.3, 0.4) is 0 Å². The molecule has 0 aromatic heterocycles. The molecule has 0 radical (unpaired) electrons. The zero-order valence-corrected chi connectivity index (χ0v) is 18.1. The summed E-state index contributed by atoms with van der Waals surface area (Å²) in [6, 6.07) is 6.96. The number of nitrogens with one attached hydrogen (secondary N) is 1. The van der Waals surface area contributed by atoms with Crippen LogP contribution in [0.25, 0.3) is 0 Å². The molecule has 0 amide bonds. The summed E-state index contributed by atoms with van der Waals surface area (Å²) in [6.45, 7) is 4.91. The molecule has 0 fully saturated rings. The molecule has 0 spiro atoms. The molecule has 0 aliphatic heterocycles. The Morgan fingerprint density at radius 1 is 1.04 bits per heavy atom. The molecule has 9 heteroatoms. The van der Waals surface area contributed by atoms with E-state index in [1.807, 2.05) is 4.72 Å². The largest absolute Gasteiger partial charge is 0.406 e. The maximum atomic E-state index is 13.7. The van der Waals surface area contributed by atoms with Crippen molar-refractivity contribution in [3.05, 3.63) is 63.1 Å². The van der Waals surface area contributed by atoms with Crippen molar-refractivity contribution in [2.75, 3.05) is 0 Å². The van der Waals surface area contributed by atoms with Crippen molar-refractivity contribution in [1.29, 1.82) is 0 Å². The minimum Gasteiger partial charge on any atom is -0.207 e. The number of sulfonamides is 1. The molecule has 2 aromatic carbocycles. The lowest BCUT2D eigenvalue weighted by Crippen LogP contribution is -2.48. The van der Waals surface area contributed by atoms with E-state index in [2.05, 4.69) is 28.6 Å². The third-order valence-electron chi connectivity index (χ3n) is 4.04. The average molecular weight is 482 g/mol. The van der Waals surface area contributed by atoms with Gasteiger partial charge in [-0.15, -0.1) is 0 Å². The van der Waals surface area contributed by atoms with Crippen molar-refractivity contribution < 1.29 is 21.6 Å². The third kappa shape index (κ3) is 5.28. The Morgan fingerprint density at radius 3 is 1.96 bits per heavy atom. The molecule has 0 aliphatic rings. The van der Waals surface area contributed by atoms with Gasteiger partial charge in [0, 0.05) is 4.47 Å². The number of benzene rings is 2. The fraction of sp³-hybridized carbons (Fsp3) is 0.333. The fourth-order valence-corrected chi connectivity index (χ4v) is 5.45. The lowest BCUT2D eigenvalue weighted by molar-refractivity contribution is -0.151. The second-order valence-electron chi connectivity index (χ2n) is 6.36. The zero-order valence-electron chi connectivity index (χ0n) is 14.8. The van der Waals surface area contributed by atoms with Crippen LogP contribution in [-0.2, 0) is 10.0 Å². The Bertz CT molecular complexity index is 906. The second-order valence-corrected chi connectivity index (χ2v) is 9.49. The molecule has 0 bridgehead atoms. The van der Waals surface area contributed by atoms with Crippen molar-refractivity contribution in [2.24, 2.45) is 0 Å². The van der Waals surface area contributed by atoms with Crippen LogP contribution in [-0.4, -0.2) is 20.6 Å². The molecular weight excluding hydrogens is 463 g/mol. The Kier molecular flexibility index (Phi) is 6.72. The first-order valence-corrected chi connectivity index (χ1v) is 10.7. The van der Waals surface area contributed by atoms with Crippen LogP contribution < -0.4 is 4.72 Å². The number of hydrogen-bond donors (Lipinski definition) is 2. The first kappa shape index (κ1) is 22.3. The van der Waals surface area contributed by atoms with E-state index in [4.69, 9.17) is 0 Å².